The van der Waals surface area contributed by atoms with Gasteiger partial charge in [0.2, 0.25) is 11.6 Å². The Morgan fingerprint density at radius 3 is 2.53 bits per heavy atom. The Labute approximate surface area is 185 Å². The number of rotatable bonds is 7. The lowest BCUT2D eigenvalue weighted by Crippen LogP contribution is -2.20. The van der Waals surface area contributed by atoms with Crippen molar-refractivity contribution in [1.82, 2.24) is 19.6 Å². The first-order chi connectivity index (χ1) is 15.5. The number of nitrogens with one attached hydrogen (secondary N) is 1. The molecule has 9 heteroatoms. The summed E-state index contributed by atoms with van der Waals surface area (Å²) in [5.74, 6) is 1.61. The van der Waals surface area contributed by atoms with E-state index in [0.29, 0.717) is 18.0 Å². The first-order valence-corrected chi connectivity index (χ1v) is 10.2. The molecule has 0 saturated heterocycles. The molecule has 0 unspecified atom stereocenters. The van der Waals surface area contributed by atoms with Gasteiger partial charge in [-0.05, 0) is 43.7 Å². The van der Waals surface area contributed by atoms with Gasteiger partial charge in [0, 0.05) is 24.6 Å². The standard InChI is InChI=1S/C23H24N6O3/c1-16(2)32-23(30)25-22-27-26-21-20(24-13-14-28(21)22)29(15-17-7-5-4-6-8-17)18-9-11-19(31-3)12-10-18/h4-14,16H,15H2,1-3H3,(H,25,27,30). The van der Waals surface area contributed by atoms with Crippen molar-refractivity contribution in [3.8, 4) is 5.75 Å². The van der Waals surface area contributed by atoms with Crippen LogP contribution in [0, 0.1) is 0 Å². The van der Waals surface area contributed by atoms with Crippen molar-refractivity contribution in [1.29, 1.82) is 0 Å². The first-order valence-electron chi connectivity index (χ1n) is 10.2. The highest BCUT2D eigenvalue weighted by molar-refractivity contribution is 5.84. The highest BCUT2D eigenvalue weighted by Crippen LogP contribution is 2.30. The zero-order valence-corrected chi connectivity index (χ0v) is 18.1. The molecule has 0 aliphatic heterocycles. The van der Waals surface area contributed by atoms with Gasteiger partial charge in [-0.25, -0.2) is 9.78 Å². The van der Waals surface area contributed by atoms with Crippen molar-refractivity contribution in [3.05, 3.63) is 72.6 Å². The molecule has 2 aromatic carbocycles. The number of anilines is 3. The molecular weight excluding hydrogens is 408 g/mol. The van der Waals surface area contributed by atoms with Crippen LogP contribution < -0.4 is 15.0 Å². The topological polar surface area (TPSA) is 93.9 Å². The lowest BCUT2D eigenvalue weighted by Gasteiger charge is -2.24. The van der Waals surface area contributed by atoms with Gasteiger partial charge in [-0.15, -0.1) is 10.2 Å². The van der Waals surface area contributed by atoms with Gasteiger partial charge < -0.3 is 14.4 Å². The molecule has 1 N–H and O–H groups in total. The van der Waals surface area contributed by atoms with Crippen LogP contribution in [-0.4, -0.2) is 38.9 Å². The van der Waals surface area contributed by atoms with E-state index in [0.717, 1.165) is 17.0 Å². The average molecular weight is 432 g/mol. The van der Waals surface area contributed by atoms with Crippen LogP contribution in [0.4, 0.5) is 22.2 Å². The van der Waals surface area contributed by atoms with Crippen molar-refractivity contribution < 1.29 is 14.3 Å². The number of hydrogen-bond donors (Lipinski definition) is 1. The number of carbonyl (C=O) groups is 1. The maximum Gasteiger partial charge on any atom is 0.414 e. The normalized spacial score (nSPS) is 10.9. The molecule has 0 bridgehead atoms. The minimum absolute atomic E-state index is 0.247. The molecule has 2 heterocycles. The second-order valence-electron chi connectivity index (χ2n) is 7.32. The first kappa shape index (κ1) is 21.1. The summed E-state index contributed by atoms with van der Waals surface area (Å²) < 4.78 is 12.1. The monoisotopic (exact) mass is 432 g/mol. The number of fused-ring (bicyclic) bond motifs is 1. The molecule has 0 aliphatic rings. The lowest BCUT2D eigenvalue weighted by atomic mass is 10.2. The molecule has 0 spiro atoms. The summed E-state index contributed by atoms with van der Waals surface area (Å²) >= 11 is 0. The van der Waals surface area contributed by atoms with Crippen LogP contribution in [0.2, 0.25) is 0 Å². The van der Waals surface area contributed by atoms with E-state index in [4.69, 9.17) is 9.47 Å². The SMILES string of the molecule is COc1ccc(N(Cc2ccccc2)c2nccn3c(NC(=O)OC(C)C)nnc23)cc1. The van der Waals surface area contributed by atoms with Crippen molar-refractivity contribution >= 4 is 29.2 Å². The van der Waals surface area contributed by atoms with Gasteiger partial charge in [-0.3, -0.25) is 9.72 Å². The third-order valence-electron chi connectivity index (χ3n) is 4.69. The fourth-order valence-electron chi connectivity index (χ4n) is 3.24. The van der Waals surface area contributed by atoms with Crippen LogP contribution in [0.1, 0.15) is 19.4 Å². The van der Waals surface area contributed by atoms with Crippen LogP contribution in [0.3, 0.4) is 0 Å². The largest absolute Gasteiger partial charge is 0.497 e. The van der Waals surface area contributed by atoms with Crippen molar-refractivity contribution in [2.24, 2.45) is 0 Å². The molecule has 0 saturated carbocycles. The second kappa shape index (κ2) is 9.34. The van der Waals surface area contributed by atoms with E-state index >= 15 is 0 Å². The molecule has 0 aliphatic carbocycles. The van der Waals surface area contributed by atoms with Crippen LogP contribution in [0.5, 0.6) is 5.75 Å². The van der Waals surface area contributed by atoms with Gasteiger partial charge in [-0.1, -0.05) is 30.3 Å². The van der Waals surface area contributed by atoms with E-state index in [-0.39, 0.29) is 12.1 Å². The molecule has 2 aromatic heterocycles. The summed E-state index contributed by atoms with van der Waals surface area (Å²) in [6.07, 6.45) is 2.50. The average Bonchev–Trinajstić information content (AvgIpc) is 3.20. The van der Waals surface area contributed by atoms with Gasteiger partial charge >= 0.3 is 6.09 Å². The minimum atomic E-state index is -0.594. The molecule has 32 heavy (non-hydrogen) atoms. The van der Waals surface area contributed by atoms with E-state index in [1.165, 1.54) is 0 Å². The van der Waals surface area contributed by atoms with Crippen LogP contribution in [0.15, 0.2) is 67.0 Å². The summed E-state index contributed by atoms with van der Waals surface area (Å²) in [4.78, 5) is 18.7. The number of nitrogens with zero attached hydrogens (tertiary/aromatic N) is 5. The van der Waals surface area contributed by atoms with E-state index in [9.17, 15) is 4.79 Å². The van der Waals surface area contributed by atoms with Crippen LogP contribution in [-0.2, 0) is 11.3 Å². The summed E-state index contributed by atoms with van der Waals surface area (Å²) in [5.41, 5.74) is 2.51. The maximum atomic E-state index is 12.1. The third-order valence-corrected chi connectivity index (χ3v) is 4.69. The molecule has 164 valence electrons. The molecule has 1 amide bonds. The molecular formula is C23H24N6O3. The number of benzene rings is 2. The summed E-state index contributed by atoms with van der Waals surface area (Å²) in [6, 6.07) is 17.8. The molecule has 0 radical (unpaired) electrons. The zero-order chi connectivity index (χ0) is 22.5. The number of ether oxygens (including phenoxy) is 2. The molecule has 4 rings (SSSR count). The summed E-state index contributed by atoms with van der Waals surface area (Å²) in [6.45, 7) is 4.12. The Morgan fingerprint density at radius 1 is 1.09 bits per heavy atom. The van der Waals surface area contributed by atoms with Gasteiger partial charge in [0.05, 0.1) is 13.2 Å². The Hall–Kier alpha value is -4.14. The molecule has 9 nitrogen and oxygen atoms in total. The van der Waals surface area contributed by atoms with E-state index in [1.807, 2.05) is 47.4 Å². The number of amides is 1. The fourth-order valence-corrected chi connectivity index (χ4v) is 3.24. The van der Waals surface area contributed by atoms with Crippen LogP contribution in [0.25, 0.3) is 5.65 Å². The molecule has 0 fully saturated rings. The quantitative estimate of drug-likeness (QED) is 0.462. The van der Waals surface area contributed by atoms with Gasteiger partial charge in [0.25, 0.3) is 0 Å². The Bertz CT molecular complexity index is 1190. The highest BCUT2D eigenvalue weighted by atomic mass is 16.6. The molecule has 4 aromatic rings. The number of methoxy groups -OCH3 is 1. The van der Waals surface area contributed by atoms with Gasteiger partial charge in [-0.2, -0.15) is 0 Å². The Balaban J connectivity index is 1.74. The maximum absolute atomic E-state index is 12.1. The molecule has 0 atom stereocenters. The van der Waals surface area contributed by atoms with E-state index < -0.39 is 6.09 Å². The predicted octanol–water partition coefficient (Wildman–Crippen LogP) is 4.43. The second-order valence-corrected chi connectivity index (χ2v) is 7.32. The lowest BCUT2D eigenvalue weighted by molar-refractivity contribution is 0.129. The number of carbonyl (C=O) groups excluding carboxylic acids is 1. The predicted molar refractivity (Wildman–Crippen MR) is 121 cm³/mol. The zero-order valence-electron chi connectivity index (χ0n) is 18.1. The van der Waals surface area contributed by atoms with E-state index in [1.54, 1.807) is 37.8 Å². The highest BCUT2D eigenvalue weighted by Gasteiger charge is 2.20. The van der Waals surface area contributed by atoms with Gasteiger partial charge in [0.1, 0.15) is 5.75 Å². The van der Waals surface area contributed by atoms with Crippen molar-refractivity contribution in [2.75, 3.05) is 17.3 Å². The summed E-state index contributed by atoms with van der Waals surface area (Å²) in [5, 5.41) is 11.0. The van der Waals surface area contributed by atoms with Gasteiger partial charge in [0.15, 0.2) is 5.82 Å². The van der Waals surface area contributed by atoms with Crippen molar-refractivity contribution in [2.45, 2.75) is 26.5 Å². The number of aromatic nitrogens is 4. The van der Waals surface area contributed by atoms with Crippen molar-refractivity contribution in [3.63, 3.8) is 0 Å². The Morgan fingerprint density at radius 2 is 1.84 bits per heavy atom. The number of hydrogen-bond acceptors (Lipinski definition) is 7. The van der Waals surface area contributed by atoms with Crippen LogP contribution >= 0.6 is 0 Å². The Kier molecular flexibility index (Phi) is 6.16. The minimum Gasteiger partial charge on any atom is -0.497 e. The summed E-state index contributed by atoms with van der Waals surface area (Å²) in [7, 11) is 1.63. The third kappa shape index (κ3) is 4.61. The fraction of sp³-hybridized carbons (Fsp3) is 0.217. The smallest absolute Gasteiger partial charge is 0.414 e. The van der Waals surface area contributed by atoms with E-state index in [2.05, 4.69) is 32.6 Å².